The lowest BCUT2D eigenvalue weighted by Gasteiger charge is -2.05. The van der Waals surface area contributed by atoms with Crippen molar-refractivity contribution in [2.24, 2.45) is 0 Å². The molecule has 0 saturated carbocycles. The Bertz CT molecular complexity index is 386. The number of carbonyl (C=O) groups is 2. The molecular formula is C9H7ClO4. The van der Waals surface area contributed by atoms with Gasteiger partial charge in [-0.1, -0.05) is 17.7 Å². The van der Waals surface area contributed by atoms with Gasteiger partial charge in [0.25, 0.3) is 0 Å². The van der Waals surface area contributed by atoms with E-state index in [2.05, 4.69) is 4.74 Å². The number of hydrogen-bond donors (Lipinski definition) is 1. The summed E-state index contributed by atoms with van der Waals surface area (Å²) in [5.41, 5.74) is -0.284. The minimum atomic E-state index is -1.21. The summed E-state index contributed by atoms with van der Waals surface area (Å²) < 4.78 is 4.42. The highest BCUT2D eigenvalue weighted by atomic mass is 35.5. The van der Waals surface area contributed by atoms with Crippen molar-refractivity contribution in [3.8, 4) is 0 Å². The number of methoxy groups -OCH3 is 1. The van der Waals surface area contributed by atoms with Crippen molar-refractivity contribution in [3.63, 3.8) is 0 Å². The molecule has 0 amide bonds. The van der Waals surface area contributed by atoms with Crippen LogP contribution in [0.5, 0.6) is 0 Å². The zero-order valence-electron chi connectivity index (χ0n) is 7.28. The van der Waals surface area contributed by atoms with E-state index in [0.29, 0.717) is 0 Å². The lowest BCUT2D eigenvalue weighted by Crippen LogP contribution is -2.10. The maximum absolute atomic E-state index is 11.2. The summed E-state index contributed by atoms with van der Waals surface area (Å²) in [5, 5.41) is 8.83. The topological polar surface area (TPSA) is 63.6 Å². The van der Waals surface area contributed by atoms with E-state index in [1.54, 1.807) is 0 Å². The first-order chi connectivity index (χ1) is 6.57. The number of ether oxygens (including phenoxy) is 1. The number of carboxylic acid groups (broad SMARTS) is 1. The molecular weight excluding hydrogens is 208 g/mol. The van der Waals surface area contributed by atoms with Crippen molar-refractivity contribution < 1.29 is 19.4 Å². The molecule has 1 N–H and O–H groups in total. The molecule has 0 atom stereocenters. The van der Waals surface area contributed by atoms with Gasteiger partial charge in [-0.25, -0.2) is 9.59 Å². The first-order valence-corrected chi connectivity index (χ1v) is 4.06. The highest BCUT2D eigenvalue weighted by molar-refractivity contribution is 6.34. The second-order valence-electron chi connectivity index (χ2n) is 2.46. The fraction of sp³-hybridized carbons (Fsp3) is 0.111. The second kappa shape index (κ2) is 4.11. The summed E-state index contributed by atoms with van der Waals surface area (Å²) in [7, 11) is 1.16. The minimum absolute atomic E-state index is 0.0664. The largest absolute Gasteiger partial charge is 0.478 e. The average Bonchev–Trinajstić information content (AvgIpc) is 2.16. The molecule has 1 rings (SSSR count). The molecule has 0 heterocycles. The molecule has 0 unspecified atom stereocenters. The molecule has 1 aromatic rings. The third kappa shape index (κ3) is 1.85. The number of carbonyl (C=O) groups excluding carboxylic acids is 1. The fourth-order valence-corrected chi connectivity index (χ4v) is 1.26. The van der Waals surface area contributed by atoms with E-state index in [9.17, 15) is 9.59 Å². The maximum atomic E-state index is 11.2. The van der Waals surface area contributed by atoms with Crippen LogP contribution in [0.4, 0.5) is 0 Å². The van der Waals surface area contributed by atoms with Gasteiger partial charge in [0.05, 0.1) is 23.3 Å². The molecule has 0 aromatic heterocycles. The van der Waals surface area contributed by atoms with Crippen LogP contribution >= 0.6 is 11.6 Å². The minimum Gasteiger partial charge on any atom is -0.478 e. The standard InChI is InChI=1S/C9H7ClO4/c1-14-9(13)7-5(8(11)12)3-2-4-6(7)10/h2-4H,1H3,(H,11,12). The predicted molar refractivity (Wildman–Crippen MR) is 49.8 cm³/mol. The van der Waals surface area contributed by atoms with E-state index in [0.717, 1.165) is 7.11 Å². The molecule has 0 saturated heterocycles. The summed E-state index contributed by atoms with van der Waals surface area (Å²) >= 11 is 5.68. The zero-order valence-corrected chi connectivity index (χ0v) is 8.04. The number of carboxylic acids is 1. The van der Waals surface area contributed by atoms with E-state index in [4.69, 9.17) is 16.7 Å². The van der Waals surface area contributed by atoms with Gasteiger partial charge in [0.2, 0.25) is 0 Å². The van der Waals surface area contributed by atoms with E-state index in [-0.39, 0.29) is 16.1 Å². The summed E-state index contributed by atoms with van der Waals surface area (Å²) in [4.78, 5) is 21.9. The summed E-state index contributed by atoms with van der Waals surface area (Å²) in [6.07, 6.45) is 0. The van der Waals surface area contributed by atoms with Crippen LogP contribution in [0.25, 0.3) is 0 Å². The number of rotatable bonds is 2. The van der Waals surface area contributed by atoms with Crippen molar-refractivity contribution in [1.29, 1.82) is 0 Å². The molecule has 1 aromatic carbocycles. The van der Waals surface area contributed by atoms with Gasteiger partial charge >= 0.3 is 11.9 Å². The number of aromatic carboxylic acids is 1. The van der Waals surface area contributed by atoms with E-state index < -0.39 is 11.9 Å². The molecule has 0 aliphatic heterocycles. The molecule has 74 valence electrons. The Balaban J connectivity index is 3.36. The van der Waals surface area contributed by atoms with E-state index in [1.807, 2.05) is 0 Å². The first kappa shape index (κ1) is 10.5. The van der Waals surface area contributed by atoms with Gasteiger partial charge in [0.1, 0.15) is 0 Å². The average molecular weight is 215 g/mol. The maximum Gasteiger partial charge on any atom is 0.340 e. The lowest BCUT2D eigenvalue weighted by molar-refractivity contribution is 0.0583. The Morgan fingerprint density at radius 2 is 2.07 bits per heavy atom. The molecule has 0 radical (unpaired) electrons. The Morgan fingerprint density at radius 3 is 2.57 bits per heavy atom. The fourth-order valence-electron chi connectivity index (χ4n) is 1.01. The van der Waals surface area contributed by atoms with Crippen LogP contribution in [0.3, 0.4) is 0 Å². The quantitative estimate of drug-likeness (QED) is 0.763. The van der Waals surface area contributed by atoms with Crippen molar-refractivity contribution in [2.45, 2.75) is 0 Å². The molecule has 4 nitrogen and oxygen atoms in total. The first-order valence-electron chi connectivity index (χ1n) is 3.68. The van der Waals surface area contributed by atoms with E-state index >= 15 is 0 Å². The summed E-state index contributed by atoms with van der Waals surface area (Å²) in [5.74, 6) is -1.97. The molecule has 14 heavy (non-hydrogen) atoms. The molecule has 0 spiro atoms. The second-order valence-corrected chi connectivity index (χ2v) is 2.87. The number of benzene rings is 1. The van der Waals surface area contributed by atoms with Crippen LogP contribution in [-0.2, 0) is 4.74 Å². The number of halogens is 1. The Labute approximate surface area is 85.1 Å². The monoisotopic (exact) mass is 214 g/mol. The molecule has 0 aliphatic rings. The van der Waals surface area contributed by atoms with Gasteiger partial charge in [0.15, 0.2) is 0 Å². The van der Waals surface area contributed by atoms with Gasteiger partial charge in [-0.15, -0.1) is 0 Å². The van der Waals surface area contributed by atoms with Crippen LogP contribution in [0, 0.1) is 0 Å². The number of hydrogen-bond acceptors (Lipinski definition) is 3. The number of esters is 1. The van der Waals surface area contributed by atoms with Crippen LogP contribution in [0.15, 0.2) is 18.2 Å². The van der Waals surface area contributed by atoms with Gasteiger partial charge in [0, 0.05) is 0 Å². The summed E-state index contributed by atoms with van der Waals surface area (Å²) in [6, 6.07) is 4.18. The predicted octanol–water partition coefficient (Wildman–Crippen LogP) is 1.82. The molecule has 0 bridgehead atoms. The van der Waals surface area contributed by atoms with E-state index in [1.165, 1.54) is 18.2 Å². The van der Waals surface area contributed by atoms with Gasteiger partial charge in [-0.3, -0.25) is 0 Å². The third-order valence-corrected chi connectivity index (χ3v) is 1.95. The smallest absolute Gasteiger partial charge is 0.340 e. The Hall–Kier alpha value is -1.55. The lowest BCUT2D eigenvalue weighted by atomic mass is 10.1. The normalized spacial score (nSPS) is 9.57. The van der Waals surface area contributed by atoms with Gasteiger partial charge < -0.3 is 9.84 Å². The van der Waals surface area contributed by atoms with Gasteiger partial charge in [-0.05, 0) is 12.1 Å². The van der Waals surface area contributed by atoms with Crippen LogP contribution < -0.4 is 0 Å². The van der Waals surface area contributed by atoms with Crippen LogP contribution in [-0.4, -0.2) is 24.2 Å². The molecule has 0 aliphatic carbocycles. The highest BCUT2D eigenvalue weighted by Crippen LogP contribution is 2.20. The van der Waals surface area contributed by atoms with Gasteiger partial charge in [-0.2, -0.15) is 0 Å². The van der Waals surface area contributed by atoms with Crippen molar-refractivity contribution in [2.75, 3.05) is 7.11 Å². The summed E-state index contributed by atoms with van der Waals surface area (Å²) in [6.45, 7) is 0. The third-order valence-electron chi connectivity index (χ3n) is 1.63. The Kier molecular flexibility index (Phi) is 3.09. The van der Waals surface area contributed by atoms with Crippen molar-refractivity contribution in [3.05, 3.63) is 34.3 Å². The Morgan fingerprint density at radius 1 is 1.43 bits per heavy atom. The van der Waals surface area contributed by atoms with Crippen LogP contribution in [0.1, 0.15) is 20.7 Å². The van der Waals surface area contributed by atoms with Crippen LogP contribution in [0.2, 0.25) is 5.02 Å². The highest BCUT2D eigenvalue weighted by Gasteiger charge is 2.19. The molecule has 5 heteroatoms. The van der Waals surface area contributed by atoms with Crippen molar-refractivity contribution in [1.82, 2.24) is 0 Å². The zero-order chi connectivity index (χ0) is 10.7. The SMILES string of the molecule is COC(=O)c1c(Cl)cccc1C(=O)O. The molecule has 0 fully saturated rings. The van der Waals surface area contributed by atoms with Crippen molar-refractivity contribution >= 4 is 23.5 Å².